The van der Waals surface area contributed by atoms with Crippen molar-refractivity contribution in [2.45, 2.75) is 85.7 Å². The summed E-state index contributed by atoms with van der Waals surface area (Å²) in [7, 11) is -2.89. The number of nitrogens with one attached hydrogen (secondary N) is 1. The minimum absolute atomic E-state index is 0.323. The normalized spacial score (nSPS) is 15.9. The van der Waals surface area contributed by atoms with E-state index < -0.39 is 16.2 Å². The summed E-state index contributed by atoms with van der Waals surface area (Å²) < 4.78 is 52.6. The predicted octanol–water partition coefficient (Wildman–Crippen LogP) is 9.33. The first-order chi connectivity index (χ1) is 18.7. The quantitative estimate of drug-likeness (QED) is 0.242. The average molecular weight is 591 g/mol. The van der Waals surface area contributed by atoms with E-state index >= 15 is 0 Å². The number of oxazole rings is 1. The van der Waals surface area contributed by atoms with Gasteiger partial charge < -0.3 is 4.42 Å². The van der Waals surface area contributed by atoms with E-state index in [0.717, 1.165) is 11.8 Å². The van der Waals surface area contributed by atoms with Crippen molar-refractivity contribution < 1.29 is 21.6 Å². The third-order valence-corrected chi connectivity index (χ3v) is 7.39. The highest BCUT2D eigenvalue weighted by molar-refractivity contribution is 7.93. The van der Waals surface area contributed by atoms with Crippen molar-refractivity contribution in [1.82, 2.24) is 9.71 Å². The summed E-state index contributed by atoms with van der Waals surface area (Å²) >= 11 is 5.76. The van der Waals surface area contributed by atoms with Crippen molar-refractivity contribution >= 4 is 27.7 Å². The Morgan fingerprint density at radius 1 is 1.18 bits per heavy atom. The Hall–Kier alpha value is -2.03. The maximum atomic E-state index is 12.1. The zero-order valence-corrected chi connectivity index (χ0v) is 26.1. The van der Waals surface area contributed by atoms with Gasteiger partial charge in [-0.1, -0.05) is 83.6 Å². The molecule has 1 fully saturated rings. The Morgan fingerprint density at radius 2 is 1.82 bits per heavy atom. The van der Waals surface area contributed by atoms with Gasteiger partial charge in [-0.15, -0.1) is 6.58 Å². The molecule has 0 bridgehead atoms. The Balaban J connectivity index is 0. The van der Waals surface area contributed by atoms with Crippen LogP contribution in [0.5, 0.6) is 0 Å². The standard InChI is InChI=1S/C11H14ClNO2S.C9H18.C7H8FNO.C2H6.CH3F/c1-2-3-9-13-16(14,15)11-6-4-5-10(12)7-8-11;1-8(2)9-6-4-3-5-7-9;1-6(8)2-3-7-9-4-5-10-7;2*1-2/h2,4-5,7-8,13H,1,3,6,9H2;8-9H,3-7H2,1-2H3;2-6H,1H3;1-2H3;1H3/b;;3-2+;;. The number of halogens is 3. The summed E-state index contributed by atoms with van der Waals surface area (Å²) in [5, 5.41) is 0.524. The summed E-state index contributed by atoms with van der Waals surface area (Å²) in [4.78, 5) is 4.09. The highest BCUT2D eigenvalue weighted by Crippen LogP contribution is 2.29. The van der Waals surface area contributed by atoms with Crippen molar-refractivity contribution in [2.24, 2.45) is 11.8 Å². The molecule has 2 aliphatic rings. The maximum Gasteiger partial charge on any atom is 0.237 e. The topological polar surface area (TPSA) is 72.2 Å². The van der Waals surface area contributed by atoms with Crippen LogP contribution >= 0.6 is 11.6 Å². The van der Waals surface area contributed by atoms with Gasteiger partial charge in [-0.25, -0.2) is 22.5 Å². The summed E-state index contributed by atoms with van der Waals surface area (Å²) in [5.41, 5.74) is 0. The van der Waals surface area contributed by atoms with Crippen LogP contribution in [-0.2, 0) is 10.0 Å². The zero-order chi connectivity index (χ0) is 30.1. The molecule has 1 aromatic heterocycles. The van der Waals surface area contributed by atoms with Gasteiger partial charge in [0.15, 0.2) is 0 Å². The van der Waals surface area contributed by atoms with Crippen LogP contribution in [0.1, 0.15) is 85.5 Å². The number of alkyl halides is 2. The molecule has 0 aliphatic heterocycles. The van der Waals surface area contributed by atoms with E-state index in [4.69, 9.17) is 16.0 Å². The van der Waals surface area contributed by atoms with Crippen LogP contribution in [-0.4, -0.2) is 33.3 Å². The van der Waals surface area contributed by atoms with Crippen molar-refractivity contribution in [3.63, 3.8) is 0 Å². The second-order valence-electron chi connectivity index (χ2n) is 8.82. The van der Waals surface area contributed by atoms with Gasteiger partial charge in [-0.2, -0.15) is 0 Å². The highest BCUT2D eigenvalue weighted by Gasteiger charge is 2.16. The van der Waals surface area contributed by atoms with E-state index in [1.54, 1.807) is 24.3 Å². The second-order valence-corrected chi connectivity index (χ2v) is 11.1. The number of sulfonamides is 1. The summed E-state index contributed by atoms with van der Waals surface area (Å²) in [5.74, 6) is 2.42. The smallest absolute Gasteiger partial charge is 0.237 e. The number of allylic oxidation sites excluding steroid dienone is 7. The van der Waals surface area contributed by atoms with Crippen LogP contribution in [0.15, 0.2) is 69.8 Å². The van der Waals surface area contributed by atoms with E-state index in [2.05, 4.69) is 30.1 Å². The van der Waals surface area contributed by atoms with Gasteiger partial charge in [-0.3, -0.25) is 4.39 Å². The fourth-order valence-electron chi connectivity index (χ4n) is 3.50. The van der Waals surface area contributed by atoms with E-state index in [9.17, 15) is 17.2 Å². The summed E-state index contributed by atoms with van der Waals surface area (Å²) in [6.07, 6.45) is 21.5. The Labute approximate surface area is 241 Å². The minimum atomic E-state index is -3.39. The molecule has 1 heterocycles. The van der Waals surface area contributed by atoms with Crippen LogP contribution in [0.25, 0.3) is 6.08 Å². The van der Waals surface area contributed by atoms with Crippen molar-refractivity contribution in [1.29, 1.82) is 0 Å². The highest BCUT2D eigenvalue weighted by atomic mass is 35.5. The lowest BCUT2D eigenvalue weighted by Crippen LogP contribution is -2.25. The molecule has 2 aliphatic carbocycles. The van der Waals surface area contributed by atoms with Crippen molar-refractivity contribution in [3.8, 4) is 0 Å². The fourth-order valence-corrected chi connectivity index (χ4v) is 4.79. The minimum Gasteiger partial charge on any atom is -0.445 e. The predicted molar refractivity (Wildman–Crippen MR) is 163 cm³/mol. The summed E-state index contributed by atoms with van der Waals surface area (Å²) in [6, 6.07) is 0. The van der Waals surface area contributed by atoms with Gasteiger partial charge in [0.05, 0.1) is 18.3 Å². The largest absolute Gasteiger partial charge is 0.445 e. The zero-order valence-electron chi connectivity index (χ0n) is 24.5. The first-order valence-corrected chi connectivity index (χ1v) is 15.4. The Bertz CT molecular complexity index is 949. The molecule has 39 heavy (non-hydrogen) atoms. The fraction of sp³-hybridized carbons (Fsp3) is 0.567. The first kappa shape index (κ1) is 39.1. The molecule has 0 amide bonds. The lowest BCUT2D eigenvalue weighted by atomic mass is 9.82. The third-order valence-electron chi connectivity index (χ3n) is 5.56. The molecular weight excluding hydrogens is 542 g/mol. The molecule has 224 valence electrons. The molecule has 3 rings (SSSR count). The average Bonchev–Trinajstić information content (AvgIpc) is 3.37. The van der Waals surface area contributed by atoms with Gasteiger partial charge in [0.25, 0.3) is 0 Å². The molecule has 0 spiro atoms. The molecule has 9 heteroatoms. The lowest BCUT2D eigenvalue weighted by Gasteiger charge is -2.24. The monoisotopic (exact) mass is 590 g/mol. The molecular formula is C30H49ClF2N2O3S. The van der Waals surface area contributed by atoms with Crippen molar-refractivity contribution in [2.75, 3.05) is 13.7 Å². The molecule has 1 aromatic rings. The molecule has 0 aromatic carbocycles. The maximum absolute atomic E-state index is 12.1. The van der Waals surface area contributed by atoms with E-state index in [1.165, 1.54) is 69.7 Å². The SMILES string of the molecule is C=CCCNS(=O)(=O)C1=CC=C(Cl)C=CC1.CC.CC(C)C1CCCCC1.CC(F)/C=C/c1ncco1.CF. The summed E-state index contributed by atoms with van der Waals surface area (Å²) in [6.45, 7) is 14.1. The molecule has 1 atom stereocenters. The number of aromatic nitrogens is 1. The number of nitrogens with zero attached hydrogens (tertiary/aromatic N) is 1. The molecule has 5 nitrogen and oxygen atoms in total. The molecule has 0 radical (unpaired) electrons. The van der Waals surface area contributed by atoms with E-state index in [1.807, 2.05) is 13.8 Å². The van der Waals surface area contributed by atoms with E-state index in [-0.39, 0.29) is 0 Å². The molecule has 0 saturated heterocycles. The van der Waals surface area contributed by atoms with Gasteiger partial charge in [0, 0.05) is 18.0 Å². The molecule has 1 unspecified atom stereocenters. The second kappa shape index (κ2) is 25.0. The first-order valence-electron chi connectivity index (χ1n) is 13.6. The van der Waals surface area contributed by atoms with Gasteiger partial charge in [0.1, 0.15) is 12.4 Å². The molecule has 1 saturated carbocycles. The van der Waals surface area contributed by atoms with Crippen LogP contribution in [0.4, 0.5) is 8.78 Å². The number of rotatable bonds is 8. The number of hydrogen-bond acceptors (Lipinski definition) is 4. The third kappa shape index (κ3) is 20.5. The van der Waals surface area contributed by atoms with E-state index in [0.29, 0.717) is 42.4 Å². The van der Waals surface area contributed by atoms with Gasteiger partial charge >= 0.3 is 0 Å². The van der Waals surface area contributed by atoms with Crippen molar-refractivity contribution in [3.05, 3.63) is 71.3 Å². The Morgan fingerprint density at radius 3 is 2.31 bits per heavy atom. The van der Waals surface area contributed by atoms with Crippen LogP contribution in [0.3, 0.4) is 0 Å². The van der Waals surface area contributed by atoms with Crippen LogP contribution in [0.2, 0.25) is 0 Å². The van der Waals surface area contributed by atoms with Gasteiger partial charge in [-0.05, 0) is 55.6 Å². The van der Waals surface area contributed by atoms with Crippen LogP contribution in [0, 0.1) is 11.8 Å². The van der Waals surface area contributed by atoms with Crippen LogP contribution < -0.4 is 4.72 Å². The lowest BCUT2D eigenvalue weighted by molar-refractivity contribution is 0.279. The Kier molecular flexibility index (Phi) is 25.0. The molecule has 1 N–H and O–H groups in total. The number of hydrogen-bond donors (Lipinski definition) is 1. The van der Waals surface area contributed by atoms with Gasteiger partial charge in [0.2, 0.25) is 15.9 Å².